The average Bonchev–Trinajstić information content (AvgIpc) is 2.78. The molecule has 0 radical (unpaired) electrons. The lowest BCUT2D eigenvalue weighted by Gasteiger charge is -2.27. The molecular formula is C20H20BrClFN7O2. The summed E-state index contributed by atoms with van der Waals surface area (Å²) in [5, 5.41) is 17.1. The van der Waals surface area contributed by atoms with Gasteiger partial charge in [0.15, 0.2) is 0 Å². The number of aromatic hydroxyl groups is 1. The summed E-state index contributed by atoms with van der Waals surface area (Å²) in [6, 6.07) is 10.9. The van der Waals surface area contributed by atoms with Gasteiger partial charge in [-0.25, -0.2) is 9.82 Å². The molecule has 0 unspecified atom stereocenters. The van der Waals surface area contributed by atoms with Crippen molar-refractivity contribution in [3.05, 3.63) is 58.3 Å². The van der Waals surface area contributed by atoms with Crippen LogP contribution in [0.15, 0.2) is 52.0 Å². The number of benzene rings is 2. The molecule has 1 aliphatic heterocycles. The highest BCUT2D eigenvalue weighted by molar-refractivity contribution is 9.10. The number of aromatic nitrogens is 3. The van der Waals surface area contributed by atoms with E-state index in [2.05, 4.69) is 46.7 Å². The van der Waals surface area contributed by atoms with Crippen LogP contribution in [0.4, 0.5) is 27.9 Å². The lowest BCUT2D eigenvalue weighted by Crippen LogP contribution is -2.37. The number of hydrogen-bond donors (Lipinski definition) is 3. The highest BCUT2D eigenvalue weighted by Gasteiger charge is 2.16. The molecule has 0 bridgehead atoms. The molecule has 0 saturated carbocycles. The summed E-state index contributed by atoms with van der Waals surface area (Å²) in [5.74, 6) is 0.726. The SMILES string of the molecule is Cl.Oc1ccc(Br)cc1/C=N/Nc1nc(Nc2ccc(F)cc2)nc(N2CCOCC2)n1. The number of anilines is 4. The van der Waals surface area contributed by atoms with E-state index in [1.54, 1.807) is 30.3 Å². The summed E-state index contributed by atoms with van der Waals surface area (Å²) in [6.45, 7) is 2.45. The maximum absolute atomic E-state index is 13.2. The second kappa shape index (κ2) is 11.0. The predicted molar refractivity (Wildman–Crippen MR) is 127 cm³/mol. The third kappa shape index (κ3) is 6.25. The van der Waals surface area contributed by atoms with Gasteiger partial charge in [-0.3, -0.25) is 0 Å². The molecule has 1 fully saturated rings. The van der Waals surface area contributed by atoms with E-state index in [9.17, 15) is 9.50 Å². The van der Waals surface area contributed by atoms with Crippen LogP contribution in [-0.4, -0.2) is 52.6 Å². The van der Waals surface area contributed by atoms with Crippen molar-refractivity contribution in [1.82, 2.24) is 15.0 Å². The minimum absolute atomic E-state index is 0. The molecule has 2 aromatic carbocycles. The van der Waals surface area contributed by atoms with Crippen molar-refractivity contribution in [3.8, 4) is 5.75 Å². The summed E-state index contributed by atoms with van der Waals surface area (Å²) < 4.78 is 19.4. The Labute approximate surface area is 198 Å². The smallest absolute Gasteiger partial charge is 0.250 e. The first-order chi connectivity index (χ1) is 15.1. The molecule has 1 aromatic heterocycles. The number of nitrogens with zero attached hydrogens (tertiary/aromatic N) is 5. The van der Waals surface area contributed by atoms with Gasteiger partial charge in [0.25, 0.3) is 0 Å². The van der Waals surface area contributed by atoms with Crippen LogP contribution in [0.2, 0.25) is 0 Å². The molecule has 0 spiro atoms. The van der Waals surface area contributed by atoms with Crippen LogP contribution < -0.4 is 15.6 Å². The largest absolute Gasteiger partial charge is 0.507 e. The Morgan fingerprint density at radius 3 is 2.53 bits per heavy atom. The number of halogens is 3. The van der Waals surface area contributed by atoms with Gasteiger partial charge in [0.1, 0.15) is 11.6 Å². The normalized spacial score (nSPS) is 13.6. The Morgan fingerprint density at radius 2 is 1.78 bits per heavy atom. The Balaban J connectivity index is 0.00000289. The van der Waals surface area contributed by atoms with Crippen LogP contribution in [0.5, 0.6) is 5.75 Å². The summed E-state index contributed by atoms with van der Waals surface area (Å²) in [4.78, 5) is 15.2. The first-order valence-electron chi connectivity index (χ1n) is 9.46. The molecule has 9 nitrogen and oxygen atoms in total. The average molecular weight is 525 g/mol. The molecule has 1 aliphatic rings. The van der Waals surface area contributed by atoms with Crippen molar-refractivity contribution in [3.63, 3.8) is 0 Å². The van der Waals surface area contributed by atoms with E-state index in [1.165, 1.54) is 18.3 Å². The summed E-state index contributed by atoms with van der Waals surface area (Å²) >= 11 is 3.36. The van der Waals surface area contributed by atoms with Crippen molar-refractivity contribution in [2.45, 2.75) is 0 Å². The fourth-order valence-electron chi connectivity index (χ4n) is 2.83. The topological polar surface area (TPSA) is 108 Å². The highest BCUT2D eigenvalue weighted by atomic mass is 79.9. The van der Waals surface area contributed by atoms with Crippen LogP contribution in [0, 0.1) is 5.82 Å². The molecule has 12 heteroatoms. The predicted octanol–water partition coefficient (Wildman–Crippen LogP) is 3.93. The van der Waals surface area contributed by atoms with E-state index in [1.807, 2.05) is 4.90 Å². The number of phenolic OH excluding ortho intramolecular Hbond substituents is 1. The molecule has 32 heavy (non-hydrogen) atoms. The Kier molecular flexibility index (Phi) is 8.14. The number of hydrogen-bond acceptors (Lipinski definition) is 9. The van der Waals surface area contributed by atoms with Crippen LogP contribution >= 0.6 is 28.3 Å². The summed E-state index contributed by atoms with van der Waals surface area (Å²) in [5.41, 5.74) is 3.93. The molecule has 3 aromatic rings. The first kappa shape index (κ1) is 23.6. The van der Waals surface area contributed by atoms with E-state index in [0.717, 1.165) is 4.47 Å². The number of hydrazone groups is 1. The van der Waals surface area contributed by atoms with Gasteiger partial charge >= 0.3 is 0 Å². The molecule has 4 rings (SSSR count). The fourth-order valence-corrected chi connectivity index (χ4v) is 3.20. The first-order valence-corrected chi connectivity index (χ1v) is 10.2. The monoisotopic (exact) mass is 523 g/mol. The van der Waals surface area contributed by atoms with Crippen LogP contribution in [0.1, 0.15) is 5.56 Å². The lowest BCUT2D eigenvalue weighted by molar-refractivity contribution is 0.122. The zero-order chi connectivity index (χ0) is 21.6. The van der Waals surface area contributed by atoms with Crippen LogP contribution in [-0.2, 0) is 4.74 Å². The molecule has 0 atom stereocenters. The zero-order valence-electron chi connectivity index (χ0n) is 16.7. The minimum atomic E-state index is -0.331. The third-order valence-electron chi connectivity index (χ3n) is 4.38. The number of ether oxygens (including phenoxy) is 1. The molecule has 1 saturated heterocycles. The Morgan fingerprint density at radius 1 is 1.06 bits per heavy atom. The standard InChI is InChI=1S/C20H19BrFN7O2.ClH/c21-14-1-6-17(30)13(11-14)12-23-28-19-25-18(24-16-4-2-15(22)3-5-16)26-20(27-19)29-7-9-31-10-8-29;/h1-6,11-12,30H,7-10H2,(H2,24,25,26,27,28);1H/b23-12+;. The van der Waals surface area contributed by atoms with Crippen molar-refractivity contribution in [1.29, 1.82) is 0 Å². The second-order valence-corrected chi connectivity index (χ2v) is 7.50. The molecule has 0 aliphatic carbocycles. The van der Waals surface area contributed by atoms with E-state index in [-0.39, 0.29) is 35.9 Å². The number of rotatable bonds is 6. The Bertz CT molecular complexity index is 1080. The summed E-state index contributed by atoms with van der Waals surface area (Å²) in [7, 11) is 0. The van der Waals surface area contributed by atoms with E-state index < -0.39 is 0 Å². The zero-order valence-corrected chi connectivity index (χ0v) is 19.1. The van der Waals surface area contributed by atoms with Gasteiger partial charge in [0, 0.05) is 28.8 Å². The quantitative estimate of drug-likeness (QED) is 0.329. The number of nitrogens with one attached hydrogen (secondary N) is 2. The van der Waals surface area contributed by atoms with Crippen molar-refractivity contribution < 1.29 is 14.2 Å². The van der Waals surface area contributed by atoms with Crippen molar-refractivity contribution >= 4 is 58.1 Å². The second-order valence-electron chi connectivity index (χ2n) is 6.59. The number of morpholine rings is 1. The molecule has 3 N–H and O–H groups in total. The van der Waals surface area contributed by atoms with E-state index >= 15 is 0 Å². The lowest BCUT2D eigenvalue weighted by atomic mass is 10.2. The minimum Gasteiger partial charge on any atom is -0.507 e. The maximum atomic E-state index is 13.2. The van der Waals surface area contributed by atoms with Crippen molar-refractivity contribution in [2.24, 2.45) is 5.10 Å². The van der Waals surface area contributed by atoms with Gasteiger partial charge in [-0.15, -0.1) is 12.4 Å². The highest BCUT2D eigenvalue weighted by Crippen LogP contribution is 2.21. The van der Waals surface area contributed by atoms with Crippen LogP contribution in [0.25, 0.3) is 0 Å². The van der Waals surface area contributed by atoms with Gasteiger partial charge in [-0.2, -0.15) is 20.1 Å². The molecular weight excluding hydrogens is 505 g/mol. The number of phenols is 1. The molecule has 168 valence electrons. The van der Waals surface area contributed by atoms with Crippen molar-refractivity contribution in [2.75, 3.05) is 41.9 Å². The molecule has 2 heterocycles. The van der Waals surface area contributed by atoms with E-state index in [0.29, 0.717) is 43.5 Å². The maximum Gasteiger partial charge on any atom is 0.250 e. The van der Waals surface area contributed by atoms with Gasteiger partial charge in [0.2, 0.25) is 17.8 Å². The fraction of sp³-hybridized carbons (Fsp3) is 0.200. The van der Waals surface area contributed by atoms with Gasteiger partial charge in [-0.05, 0) is 42.5 Å². The Hall–Kier alpha value is -3.02. The van der Waals surface area contributed by atoms with Crippen LogP contribution in [0.3, 0.4) is 0 Å². The molecule has 0 amide bonds. The van der Waals surface area contributed by atoms with Gasteiger partial charge < -0.3 is 20.1 Å². The van der Waals surface area contributed by atoms with Gasteiger partial charge in [-0.1, -0.05) is 15.9 Å². The third-order valence-corrected chi connectivity index (χ3v) is 4.87. The summed E-state index contributed by atoms with van der Waals surface area (Å²) in [6.07, 6.45) is 1.46. The van der Waals surface area contributed by atoms with Gasteiger partial charge in [0.05, 0.1) is 19.4 Å². The van der Waals surface area contributed by atoms with E-state index in [4.69, 9.17) is 4.74 Å².